The summed E-state index contributed by atoms with van der Waals surface area (Å²) >= 11 is 0. The van der Waals surface area contributed by atoms with Crippen molar-refractivity contribution < 1.29 is 4.79 Å². The molecule has 0 atom stereocenters. The summed E-state index contributed by atoms with van der Waals surface area (Å²) < 4.78 is 0. The maximum atomic E-state index is 11.3. The lowest BCUT2D eigenvalue weighted by atomic mass is 10.0. The minimum Gasteiger partial charge on any atom is -0.348 e. The van der Waals surface area contributed by atoms with Gasteiger partial charge < -0.3 is 11.1 Å². The summed E-state index contributed by atoms with van der Waals surface area (Å²) in [6.07, 6.45) is 0. The highest BCUT2D eigenvalue weighted by molar-refractivity contribution is 5.99. The summed E-state index contributed by atoms with van der Waals surface area (Å²) in [4.78, 5) is 11.3. The van der Waals surface area contributed by atoms with E-state index in [1.54, 1.807) is 0 Å². The SMILES string of the molecule is NCc1cccc2c1C(=O)NC2. The van der Waals surface area contributed by atoms with Gasteiger partial charge in [0, 0.05) is 18.7 Å². The molecule has 3 nitrogen and oxygen atoms in total. The van der Waals surface area contributed by atoms with E-state index in [4.69, 9.17) is 5.73 Å². The zero-order valence-electron chi connectivity index (χ0n) is 6.63. The second-order valence-electron chi connectivity index (χ2n) is 2.84. The average Bonchev–Trinajstić information content (AvgIpc) is 2.48. The fourth-order valence-electron chi connectivity index (χ4n) is 1.53. The van der Waals surface area contributed by atoms with Gasteiger partial charge in [0.05, 0.1) is 0 Å². The first-order chi connectivity index (χ1) is 5.83. The summed E-state index contributed by atoms with van der Waals surface area (Å²) in [5, 5.41) is 2.77. The molecule has 1 heterocycles. The van der Waals surface area contributed by atoms with Crippen LogP contribution in [0, 0.1) is 0 Å². The standard InChI is InChI=1S/C9H10N2O/c10-4-6-2-1-3-7-5-11-9(12)8(6)7/h1-3H,4-5,10H2,(H,11,12). The molecule has 0 saturated carbocycles. The lowest BCUT2D eigenvalue weighted by molar-refractivity contribution is 0.0965. The van der Waals surface area contributed by atoms with Gasteiger partial charge in [-0.3, -0.25) is 4.79 Å². The molecule has 2 rings (SSSR count). The van der Waals surface area contributed by atoms with Crippen molar-refractivity contribution in [1.29, 1.82) is 0 Å². The molecule has 0 fully saturated rings. The number of amides is 1. The van der Waals surface area contributed by atoms with E-state index in [1.807, 2.05) is 18.2 Å². The first-order valence-corrected chi connectivity index (χ1v) is 3.92. The Morgan fingerprint density at radius 1 is 1.50 bits per heavy atom. The summed E-state index contributed by atoms with van der Waals surface area (Å²) in [5.74, 6) is 0.00560. The molecule has 0 radical (unpaired) electrons. The highest BCUT2D eigenvalue weighted by atomic mass is 16.1. The summed E-state index contributed by atoms with van der Waals surface area (Å²) in [5.41, 5.74) is 8.27. The number of fused-ring (bicyclic) bond motifs is 1. The molecule has 62 valence electrons. The molecule has 1 aliphatic rings. The maximum absolute atomic E-state index is 11.3. The lowest BCUT2D eigenvalue weighted by Gasteiger charge is -2.01. The molecule has 3 heteroatoms. The Kier molecular flexibility index (Phi) is 1.59. The molecule has 0 spiro atoms. The van der Waals surface area contributed by atoms with E-state index in [1.165, 1.54) is 0 Å². The molecule has 0 aromatic heterocycles. The number of hydrogen-bond acceptors (Lipinski definition) is 2. The molecule has 1 amide bonds. The number of benzene rings is 1. The van der Waals surface area contributed by atoms with Crippen LogP contribution in [0.3, 0.4) is 0 Å². The topological polar surface area (TPSA) is 55.1 Å². The minimum absolute atomic E-state index is 0.00560. The molecular formula is C9H10N2O. The van der Waals surface area contributed by atoms with Crippen LogP contribution in [-0.4, -0.2) is 5.91 Å². The van der Waals surface area contributed by atoms with E-state index >= 15 is 0 Å². The monoisotopic (exact) mass is 162 g/mol. The summed E-state index contributed by atoms with van der Waals surface area (Å²) in [6.45, 7) is 1.07. The van der Waals surface area contributed by atoms with Gasteiger partial charge in [-0.2, -0.15) is 0 Å². The fourth-order valence-corrected chi connectivity index (χ4v) is 1.53. The van der Waals surface area contributed by atoms with Crippen molar-refractivity contribution in [3.63, 3.8) is 0 Å². The molecule has 0 bridgehead atoms. The van der Waals surface area contributed by atoms with Gasteiger partial charge in [-0.1, -0.05) is 18.2 Å². The second kappa shape index (κ2) is 2.60. The van der Waals surface area contributed by atoms with Crippen molar-refractivity contribution in [2.45, 2.75) is 13.1 Å². The number of nitrogens with one attached hydrogen (secondary N) is 1. The summed E-state index contributed by atoms with van der Waals surface area (Å²) in [6, 6.07) is 5.78. The normalized spacial score (nSPS) is 14.2. The van der Waals surface area contributed by atoms with Gasteiger partial charge in [-0.05, 0) is 11.1 Å². The molecule has 0 unspecified atom stereocenters. The summed E-state index contributed by atoms with van der Waals surface area (Å²) in [7, 11) is 0. The molecule has 12 heavy (non-hydrogen) atoms. The van der Waals surface area contributed by atoms with Crippen LogP contribution in [-0.2, 0) is 13.1 Å². The maximum Gasteiger partial charge on any atom is 0.252 e. The highest BCUT2D eigenvalue weighted by Gasteiger charge is 2.20. The average molecular weight is 162 g/mol. The van der Waals surface area contributed by atoms with Crippen LogP contribution in [0.4, 0.5) is 0 Å². The van der Waals surface area contributed by atoms with Crippen LogP contribution in [0.2, 0.25) is 0 Å². The van der Waals surface area contributed by atoms with E-state index in [0.717, 1.165) is 16.7 Å². The van der Waals surface area contributed by atoms with Gasteiger partial charge in [0.1, 0.15) is 0 Å². The molecule has 1 aromatic rings. The number of carbonyl (C=O) groups is 1. The van der Waals surface area contributed by atoms with Gasteiger partial charge in [0.15, 0.2) is 0 Å². The Morgan fingerprint density at radius 3 is 3.08 bits per heavy atom. The van der Waals surface area contributed by atoms with Crippen molar-refractivity contribution in [3.8, 4) is 0 Å². The largest absolute Gasteiger partial charge is 0.348 e. The third kappa shape index (κ3) is 0.905. The lowest BCUT2D eigenvalue weighted by Crippen LogP contribution is -2.14. The van der Waals surface area contributed by atoms with E-state index in [9.17, 15) is 4.79 Å². The van der Waals surface area contributed by atoms with Crippen molar-refractivity contribution >= 4 is 5.91 Å². The molecule has 1 aliphatic heterocycles. The van der Waals surface area contributed by atoms with Crippen molar-refractivity contribution in [2.24, 2.45) is 5.73 Å². The zero-order valence-corrected chi connectivity index (χ0v) is 6.63. The molecule has 3 N–H and O–H groups in total. The highest BCUT2D eigenvalue weighted by Crippen LogP contribution is 2.18. The predicted octanol–water partition coefficient (Wildman–Crippen LogP) is 0.389. The first-order valence-electron chi connectivity index (χ1n) is 3.92. The number of carbonyl (C=O) groups excluding carboxylic acids is 1. The Balaban J connectivity index is 2.60. The smallest absolute Gasteiger partial charge is 0.252 e. The van der Waals surface area contributed by atoms with Crippen LogP contribution in [0.15, 0.2) is 18.2 Å². The predicted molar refractivity (Wildman–Crippen MR) is 45.5 cm³/mol. The van der Waals surface area contributed by atoms with E-state index < -0.39 is 0 Å². The van der Waals surface area contributed by atoms with Crippen LogP contribution >= 0.6 is 0 Å². The van der Waals surface area contributed by atoms with Gasteiger partial charge in [0.2, 0.25) is 0 Å². The number of nitrogens with two attached hydrogens (primary N) is 1. The van der Waals surface area contributed by atoms with E-state index in [2.05, 4.69) is 5.32 Å². The Labute approximate surface area is 70.6 Å². The van der Waals surface area contributed by atoms with Crippen molar-refractivity contribution in [3.05, 3.63) is 34.9 Å². The second-order valence-corrected chi connectivity index (χ2v) is 2.84. The quantitative estimate of drug-likeness (QED) is 0.627. The number of rotatable bonds is 1. The van der Waals surface area contributed by atoms with Crippen LogP contribution in [0.25, 0.3) is 0 Å². The number of hydrogen-bond donors (Lipinski definition) is 2. The van der Waals surface area contributed by atoms with E-state index in [-0.39, 0.29) is 5.91 Å². The molecule has 0 saturated heterocycles. The van der Waals surface area contributed by atoms with Gasteiger partial charge in [-0.15, -0.1) is 0 Å². The van der Waals surface area contributed by atoms with Gasteiger partial charge in [0.25, 0.3) is 5.91 Å². The Morgan fingerprint density at radius 2 is 2.33 bits per heavy atom. The molecular weight excluding hydrogens is 152 g/mol. The first kappa shape index (κ1) is 7.31. The van der Waals surface area contributed by atoms with Crippen molar-refractivity contribution in [2.75, 3.05) is 0 Å². The van der Waals surface area contributed by atoms with Crippen LogP contribution < -0.4 is 11.1 Å². The van der Waals surface area contributed by atoms with Crippen LogP contribution in [0.1, 0.15) is 21.5 Å². The molecule has 0 aliphatic carbocycles. The van der Waals surface area contributed by atoms with Crippen LogP contribution in [0.5, 0.6) is 0 Å². The minimum atomic E-state index is 0.00560. The third-order valence-corrected chi connectivity index (χ3v) is 2.12. The Bertz CT molecular complexity index is 333. The third-order valence-electron chi connectivity index (χ3n) is 2.12. The van der Waals surface area contributed by atoms with Crippen molar-refractivity contribution in [1.82, 2.24) is 5.32 Å². The van der Waals surface area contributed by atoms with Gasteiger partial charge >= 0.3 is 0 Å². The van der Waals surface area contributed by atoms with E-state index in [0.29, 0.717) is 13.1 Å². The zero-order chi connectivity index (χ0) is 8.55. The van der Waals surface area contributed by atoms with Gasteiger partial charge in [-0.25, -0.2) is 0 Å². The molecule has 1 aromatic carbocycles. The Hall–Kier alpha value is -1.35. The fraction of sp³-hybridized carbons (Fsp3) is 0.222.